The Morgan fingerprint density at radius 1 is 1.30 bits per heavy atom. The largest absolute Gasteiger partial charge is 0.375 e. The van der Waals surface area contributed by atoms with Gasteiger partial charge in [0, 0.05) is 37.2 Å². The molecule has 2 N–H and O–H groups in total. The normalized spacial score (nSPS) is 26.3. The molecule has 1 aromatic heterocycles. The number of carbonyl (C=O) groups excluding carboxylic acids is 1. The Kier molecular flexibility index (Phi) is 4.17. The van der Waals surface area contributed by atoms with Gasteiger partial charge in [0.05, 0.1) is 10.2 Å². The van der Waals surface area contributed by atoms with Crippen LogP contribution in [0.15, 0.2) is 12.1 Å². The number of likely N-dealkylation sites (tertiary alicyclic amines) is 2. The van der Waals surface area contributed by atoms with Gasteiger partial charge >= 0.3 is 0 Å². The lowest BCUT2D eigenvalue weighted by atomic mass is 9.79. The third-order valence-corrected chi connectivity index (χ3v) is 7.46. The lowest BCUT2D eigenvalue weighted by Gasteiger charge is -2.40. The van der Waals surface area contributed by atoms with Crippen molar-refractivity contribution in [1.29, 1.82) is 0 Å². The number of hydrogen-bond donors (Lipinski definition) is 1. The van der Waals surface area contributed by atoms with Gasteiger partial charge in [0.1, 0.15) is 0 Å². The number of aromatic nitrogens is 1. The summed E-state index contributed by atoms with van der Waals surface area (Å²) in [5, 5.41) is 0.566. The average molecular weight is 385 g/mol. The first-order chi connectivity index (χ1) is 13.0. The predicted molar refractivity (Wildman–Crippen MR) is 110 cm³/mol. The fourth-order valence-electron chi connectivity index (χ4n) is 5.09. The van der Waals surface area contributed by atoms with E-state index in [1.807, 2.05) is 19.1 Å². The van der Waals surface area contributed by atoms with Crippen LogP contribution in [0, 0.1) is 18.3 Å². The number of carbonyl (C=O) groups is 1. The van der Waals surface area contributed by atoms with Gasteiger partial charge in [-0.3, -0.25) is 4.79 Å². The number of thiazole rings is 1. The van der Waals surface area contributed by atoms with Crippen molar-refractivity contribution in [3.63, 3.8) is 0 Å². The molecule has 1 atom stereocenters. The minimum Gasteiger partial charge on any atom is -0.375 e. The quantitative estimate of drug-likeness (QED) is 0.879. The Balaban J connectivity index is 1.32. The first kappa shape index (κ1) is 17.4. The van der Waals surface area contributed by atoms with E-state index in [1.165, 1.54) is 56.7 Å². The van der Waals surface area contributed by atoms with Crippen molar-refractivity contribution in [2.75, 3.05) is 38.5 Å². The molecule has 2 aromatic rings. The van der Waals surface area contributed by atoms with Crippen molar-refractivity contribution >= 4 is 32.6 Å². The number of nitrogen functional groups attached to an aromatic ring is 1. The molecule has 1 saturated carbocycles. The summed E-state index contributed by atoms with van der Waals surface area (Å²) in [5.74, 6) is 1.11. The molecule has 0 bridgehead atoms. The Morgan fingerprint density at radius 3 is 2.96 bits per heavy atom. The molecule has 3 aliphatic rings. The standard InChI is InChI=1S/C21H28N4OS/c1-14-9-16(10-17-18(14)23-20(22)27-17)19(26)25-8-6-21(13-25)5-2-7-24(12-21)11-15-3-4-15/h9-10,15H,2-8,11-13H2,1H3,(H2,22,23). The summed E-state index contributed by atoms with van der Waals surface area (Å²) < 4.78 is 1.01. The molecule has 2 aliphatic heterocycles. The summed E-state index contributed by atoms with van der Waals surface area (Å²) in [6, 6.07) is 3.96. The van der Waals surface area contributed by atoms with Crippen LogP contribution in [0.3, 0.4) is 0 Å². The summed E-state index contributed by atoms with van der Waals surface area (Å²) in [5.41, 5.74) is 8.92. The summed E-state index contributed by atoms with van der Waals surface area (Å²) in [7, 11) is 0. The third-order valence-electron chi connectivity index (χ3n) is 6.63. The topological polar surface area (TPSA) is 62.5 Å². The number of fused-ring (bicyclic) bond motifs is 1. The number of piperidine rings is 1. The number of anilines is 1. The monoisotopic (exact) mass is 384 g/mol. The lowest BCUT2D eigenvalue weighted by molar-refractivity contribution is 0.0681. The molecule has 5 rings (SSSR count). The first-order valence-electron chi connectivity index (χ1n) is 10.2. The van der Waals surface area contributed by atoms with Crippen LogP contribution in [0.2, 0.25) is 0 Å². The molecule has 6 heteroatoms. The van der Waals surface area contributed by atoms with Gasteiger partial charge in [-0.1, -0.05) is 11.3 Å². The zero-order valence-electron chi connectivity index (χ0n) is 16.0. The predicted octanol–water partition coefficient (Wildman–Crippen LogP) is 3.53. The number of nitrogens with two attached hydrogens (primary N) is 1. The van der Waals surface area contributed by atoms with Gasteiger partial charge < -0.3 is 15.5 Å². The van der Waals surface area contributed by atoms with Crippen LogP contribution in [-0.4, -0.2) is 53.4 Å². The zero-order valence-corrected chi connectivity index (χ0v) is 16.9. The van der Waals surface area contributed by atoms with E-state index in [-0.39, 0.29) is 5.91 Å². The SMILES string of the molecule is Cc1cc(C(=O)N2CCC3(CCCN(CC4CC4)C3)C2)cc2sc(N)nc12. The van der Waals surface area contributed by atoms with Crippen molar-refractivity contribution in [3.05, 3.63) is 23.3 Å². The van der Waals surface area contributed by atoms with Gasteiger partial charge in [-0.05, 0) is 69.2 Å². The Hall–Kier alpha value is -1.66. The molecular weight excluding hydrogens is 356 g/mol. The number of hydrogen-bond acceptors (Lipinski definition) is 5. The van der Waals surface area contributed by atoms with Crippen LogP contribution in [0.5, 0.6) is 0 Å². The number of benzene rings is 1. The van der Waals surface area contributed by atoms with Crippen LogP contribution >= 0.6 is 11.3 Å². The number of rotatable bonds is 3. The van der Waals surface area contributed by atoms with E-state index < -0.39 is 0 Å². The third kappa shape index (κ3) is 3.34. The maximum absolute atomic E-state index is 13.2. The highest BCUT2D eigenvalue weighted by Crippen LogP contribution is 2.41. The molecule has 1 aliphatic carbocycles. The minimum absolute atomic E-state index is 0.170. The van der Waals surface area contributed by atoms with E-state index in [0.29, 0.717) is 10.5 Å². The molecule has 1 aromatic carbocycles. The highest BCUT2D eigenvalue weighted by molar-refractivity contribution is 7.22. The lowest BCUT2D eigenvalue weighted by Crippen LogP contribution is -2.46. The average Bonchev–Trinajstić information content (AvgIpc) is 3.23. The molecule has 27 heavy (non-hydrogen) atoms. The fourth-order valence-corrected chi connectivity index (χ4v) is 5.94. The van der Waals surface area contributed by atoms with Crippen molar-refractivity contribution < 1.29 is 4.79 Å². The van der Waals surface area contributed by atoms with Gasteiger partial charge in [-0.25, -0.2) is 4.98 Å². The van der Waals surface area contributed by atoms with Crippen LogP contribution in [0.4, 0.5) is 5.13 Å². The van der Waals surface area contributed by atoms with E-state index in [2.05, 4.69) is 14.8 Å². The minimum atomic E-state index is 0.170. The number of nitrogens with zero attached hydrogens (tertiary/aromatic N) is 3. The van der Waals surface area contributed by atoms with Crippen molar-refractivity contribution in [2.45, 2.75) is 39.0 Å². The second-order valence-electron chi connectivity index (χ2n) is 8.95. The van der Waals surface area contributed by atoms with Crippen LogP contribution in [0.1, 0.15) is 48.0 Å². The van der Waals surface area contributed by atoms with E-state index in [0.717, 1.165) is 46.8 Å². The van der Waals surface area contributed by atoms with Gasteiger partial charge in [0.2, 0.25) is 0 Å². The summed E-state index contributed by atoms with van der Waals surface area (Å²) in [4.78, 5) is 22.4. The maximum atomic E-state index is 13.2. The molecule has 0 radical (unpaired) electrons. The fraction of sp³-hybridized carbons (Fsp3) is 0.619. The van der Waals surface area contributed by atoms with Gasteiger partial charge in [-0.15, -0.1) is 0 Å². The second-order valence-corrected chi connectivity index (χ2v) is 10.0. The molecule has 1 amide bonds. The van der Waals surface area contributed by atoms with Crippen LogP contribution < -0.4 is 5.73 Å². The number of aryl methyl sites for hydroxylation is 1. The Bertz CT molecular complexity index is 890. The van der Waals surface area contributed by atoms with Crippen molar-refractivity contribution in [1.82, 2.24) is 14.8 Å². The van der Waals surface area contributed by atoms with E-state index in [4.69, 9.17) is 5.73 Å². The Labute approximate surface area is 164 Å². The molecule has 5 nitrogen and oxygen atoms in total. The molecule has 3 heterocycles. The molecule has 144 valence electrons. The maximum Gasteiger partial charge on any atom is 0.253 e. The smallest absolute Gasteiger partial charge is 0.253 e. The molecule has 2 saturated heterocycles. The number of amides is 1. The highest BCUT2D eigenvalue weighted by atomic mass is 32.1. The van der Waals surface area contributed by atoms with Crippen molar-refractivity contribution in [2.24, 2.45) is 11.3 Å². The summed E-state index contributed by atoms with van der Waals surface area (Å²) in [6.07, 6.45) is 6.52. The van der Waals surface area contributed by atoms with E-state index in [1.54, 1.807) is 0 Å². The van der Waals surface area contributed by atoms with Gasteiger partial charge in [0.25, 0.3) is 5.91 Å². The summed E-state index contributed by atoms with van der Waals surface area (Å²) >= 11 is 1.46. The van der Waals surface area contributed by atoms with Crippen LogP contribution in [0.25, 0.3) is 10.2 Å². The first-order valence-corrected chi connectivity index (χ1v) is 11.0. The van der Waals surface area contributed by atoms with Gasteiger partial charge in [-0.2, -0.15) is 0 Å². The molecule has 3 fully saturated rings. The van der Waals surface area contributed by atoms with E-state index in [9.17, 15) is 4.79 Å². The molecular formula is C21H28N4OS. The second kappa shape index (κ2) is 6.45. The summed E-state index contributed by atoms with van der Waals surface area (Å²) in [6.45, 7) is 7.51. The Morgan fingerprint density at radius 2 is 2.15 bits per heavy atom. The van der Waals surface area contributed by atoms with E-state index >= 15 is 0 Å². The van der Waals surface area contributed by atoms with Crippen molar-refractivity contribution in [3.8, 4) is 0 Å². The molecule has 1 spiro atoms. The highest BCUT2D eigenvalue weighted by Gasteiger charge is 2.43. The van der Waals surface area contributed by atoms with Gasteiger partial charge in [0.15, 0.2) is 5.13 Å². The van der Waals surface area contributed by atoms with Crippen LogP contribution in [-0.2, 0) is 0 Å². The molecule has 1 unspecified atom stereocenters. The zero-order chi connectivity index (χ0) is 18.6.